The first-order valence-electron chi connectivity index (χ1n) is 6.87. The number of carboxylic acid groups (broad SMARTS) is 1. The lowest BCUT2D eigenvalue weighted by molar-refractivity contribution is -0.148. The van der Waals surface area contributed by atoms with E-state index in [0.717, 1.165) is 18.4 Å². The first kappa shape index (κ1) is 14.4. The summed E-state index contributed by atoms with van der Waals surface area (Å²) in [6.45, 7) is 2.15. The molecule has 1 saturated carbocycles. The minimum atomic E-state index is -0.814. The molecule has 1 aliphatic carbocycles. The predicted octanol–water partition coefficient (Wildman–Crippen LogP) is 2.76. The number of hydrogen-bond donors (Lipinski definition) is 3. The minimum Gasteiger partial charge on any atom is -0.481 e. The monoisotopic (exact) mass is 276 g/mol. The SMILES string of the molecule is Cc1ccc(NC(=O)NCC2(C(=O)O)CCCC2)cc1. The lowest BCUT2D eigenvalue weighted by Crippen LogP contribution is -2.42. The van der Waals surface area contributed by atoms with Crippen LogP contribution in [0.15, 0.2) is 24.3 Å². The first-order chi connectivity index (χ1) is 9.52. The van der Waals surface area contributed by atoms with E-state index in [0.29, 0.717) is 18.5 Å². The van der Waals surface area contributed by atoms with Crippen molar-refractivity contribution in [2.24, 2.45) is 5.41 Å². The van der Waals surface area contributed by atoms with Crippen LogP contribution in [-0.2, 0) is 4.79 Å². The Balaban J connectivity index is 1.88. The number of carboxylic acids is 1. The molecule has 1 aromatic carbocycles. The minimum absolute atomic E-state index is 0.181. The summed E-state index contributed by atoms with van der Waals surface area (Å²) >= 11 is 0. The molecule has 1 fully saturated rings. The first-order valence-corrected chi connectivity index (χ1v) is 6.87. The summed E-state index contributed by atoms with van der Waals surface area (Å²) in [5.41, 5.74) is 1.03. The third-order valence-corrected chi connectivity index (χ3v) is 3.91. The fourth-order valence-corrected chi connectivity index (χ4v) is 2.58. The van der Waals surface area contributed by atoms with Crippen LogP contribution in [0.2, 0.25) is 0 Å². The quantitative estimate of drug-likeness (QED) is 0.791. The molecule has 2 rings (SSSR count). The number of nitrogens with one attached hydrogen (secondary N) is 2. The van der Waals surface area contributed by atoms with E-state index in [9.17, 15) is 14.7 Å². The largest absolute Gasteiger partial charge is 0.481 e. The Bertz CT molecular complexity index is 490. The van der Waals surface area contributed by atoms with E-state index >= 15 is 0 Å². The van der Waals surface area contributed by atoms with Crippen LogP contribution in [0.5, 0.6) is 0 Å². The van der Waals surface area contributed by atoms with Gasteiger partial charge in [0.1, 0.15) is 0 Å². The number of anilines is 1. The van der Waals surface area contributed by atoms with Gasteiger partial charge in [-0.05, 0) is 31.9 Å². The van der Waals surface area contributed by atoms with Gasteiger partial charge < -0.3 is 15.7 Å². The number of amides is 2. The van der Waals surface area contributed by atoms with Crippen LogP contribution >= 0.6 is 0 Å². The second kappa shape index (κ2) is 5.94. The highest BCUT2D eigenvalue weighted by molar-refractivity contribution is 5.89. The number of rotatable bonds is 4. The Morgan fingerprint density at radius 3 is 2.35 bits per heavy atom. The zero-order valence-electron chi connectivity index (χ0n) is 11.6. The standard InChI is InChI=1S/C15H20N2O3/c1-11-4-6-12(7-5-11)17-14(20)16-10-15(13(18)19)8-2-3-9-15/h4-7H,2-3,8-10H2,1H3,(H,18,19)(H2,16,17,20). The molecule has 5 nitrogen and oxygen atoms in total. The lowest BCUT2D eigenvalue weighted by Gasteiger charge is -2.24. The van der Waals surface area contributed by atoms with Gasteiger partial charge >= 0.3 is 12.0 Å². The molecule has 20 heavy (non-hydrogen) atoms. The summed E-state index contributed by atoms with van der Waals surface area (Å²) in [5, 5.41) is 14.7. The number of carbonyl (C=O) groups is 2. The van der Waals surface area contributed by atoms with Crippen LogP contribution in [0.1, 0.15) is 31.2 Å². The molecule has 1 aliphatic rings. The lowest BCUT2D eigenvalue weighted by atomic mass is 9.86. The predicted molar refractivity (Wildman–Crippen MR) is 76.7 cm³/mol. The fourth-order valence-electron chi connectivity index (χ4n) is 2.58. The van der Waals surface area contributed by atoms with Gasteiger partial charge in [-0.25, -0.2) is 4.79 Å². The highest BCUT2D eigenvalue weighted by Crippen LogP contribution is 2.37. The highest BCUT2D eigenvalue weighted by Gasteiger charge is 2.41. The Morgan fingerprint density at radius 2 is 1.80 bits per heavy atom. The summed E-state index contributed by atoms with van der Waals surface area (Å²) in [6.07, 6.45) is 3.08. The molecule has 108 valence electrons. The van der Waals surface area contributed by atoms with E-state index in [1.54, 1.807) is 0 Å². The van der Waals surface area contributed by atoms with Crippen molar-refractivity contribution in [3.63, 3.8) is 0 Å². The van der Waals surface area contributed by atoms with Crippen molar-refractivity contribution < 1.29 is 14.7 Å². The van der Waals surface area contributed by atoms with Crippen molar-refractivity contribution >= 4 is 17.7 Å². The smallest absolute Gasteiger partial charge is 0.319 e. The molecule has 0 bridgehead atoms. The summed E-state index contributed by atoms with van der Waals surface area (Å²) in [6, 6.07) is 7.09. The highest BCUT2D eigenvalue weighted by atomic mass is 16.4. The van der Waals surface area contributed by atoms with Crippen LogP contribution in [0.25, 0.3) is 0 Å². The van der Waals surface area contributed by atoms with Crippen LogP contribution in [0, 0.1) is 12.3 Å². The second-order valence-corrected chi connectivity index (χ2v) is 5.47. The molecule has 0 unspecified atom stereocenters. The summed E-state index contributed by atoms with van der Waals surface area (Å²) in [4.78, 5) is 23.2. The third-order valence-electron chi connectivity index (χ3n) is 3.91. The van der Waals surface area contributed by atoms with Crippen molar-refractivity contribution in [3.05, 3.63) is 29.8 Å². The number of benzene rings is 1. The molecule has 1 aromatic rings. The molecular formula is C15H20N2O3. The number of aryl methyl sites for hydroxylation is 1. The van der Waals surface area contributed by atoms with E-state index in [-0.39, 0.29) is 12.6 Å². The van der Waals surface area contributed by atoms with Crippen molar-refractivity contribution in [3.8, 4) is 0 Å². The Labute approximate surface area is 118 Å². The normalized spacial score (nSPS) is 16.6. The van der Waals surface area contributed by atoms with Gasteiger partial charge in [-0.2, -0.15) is 0 Å². The Morgan fingerprint density at radius 1 is 1.20 bits per heavy atom. The number of urea groups is 1. The van der Waals surface area contributed by atoms with E-state index in [1.807, 2.05) is 31.2 Å². The summed E-state index contributed by atoms with van der Waals surface area (Å²) in [5.74, 6) is -0.814. The number of carbonyl (C=O) groups excluding carboxylic acids is 1. The maximum Gasteiger partial charge on any atom is 0.319 e. The average Bonchev–Trinajstić information content (AvgIpc) is 2.89. The van der Waals surface area contributed by atoms with E-state index < -0.39 is 11.4 Å². The molecule has 0 aliphatic heterocycles. The molecule has 0 atom stereocenters. The molecule has 5 heteroatoms. The van der Waals surface area contributed by atoms with Crippen LogP contribution < -0.4 is 10.6 Å². The Hall–Kier alpha value is -2.04. The maximum absolute atomic E-state index is 11.8. The molecule has 0 heterocycles. The zero-order valence-corrected chi connectivity index (χ0v) is 11.6. The molecule has 0 saturated heterocycles. The molecule has 0 aromatic heterocycles. The van der Waals surface area contributed by atoms with Crippen LogP contribution in [0.3, 0.4) is 0 Å². The van der Waals surface area contributed by atoms with Gasteiger partial charge in [0.25, 0.3) is 0 Å². The van der Waals surface area contributed by atoms with Crippen LogP contribution in [-0.4, -0.2) is 23.7 Å². The average molecular weight is 276 g/mol. The van der Waals surface area contributed by atoms with E-state index in [2.05, 4.69) is 10.6 Å². The second-order valence-electron chi connectivity index (χ2n) is 5.47. The van der Waals surface area contributed by atoms with Crippen LogP contribution in [0.4, 0.5) is 10.5 Å². The molecule has 3 N–H and O–H groups in total. The van der Waals surface area contributed by atoms with Gasteiger partial charge in [0, 0.05) is 12.2 Å². The van der Waals surface area contributed by atoms with Gasteiger partial charge in [0.15, 0.2) is 0 Å². The molecular weight excluding hydrogens is 256 g/mol. The van der Waals surface area contributed by atoms with Gasteiger partial charge in [-0.1, -0.05) is 30.5 Å². The van der Waals surface area contributed by atoms with E-state index in [1.165, 1.54) is 0 Å². The summed E-state index contributed by atoms with van der Waals surface area (Å²) < 4.78 is 0. The van der Waals surface area contributed by atoms with Crippen molar-refractivity contribution in [2.45, 2.75) is 32.6 Å². The Kier molecular flexibility index (Phi) is 4.27. The number of hydrogen-bond acceptors (Lipinski definition) is 2. The maximum atomic E-state index is 11.8. The van der Waals surface area contributed by atoms with Gasteiger partial charge in [-0.3, -0.25) is 4.79 Å². The van der Waals surface area contributed by atoms with Crippen molar-refractivity contribution in [2.75, 3.05) is 11.9 Å². The van der Waals surface area contributed by atoms with Crippen molar-refractivity contribution in [1.82, 2.24) is 5.32 Å². The van der Waals surface area contributed by atoms with Crippen molar-refractivity contribution in [1.29, 1.82) is 0 Å². The fraction of sp³-hybridized carbons (Fsp3) is 0.467. The summed E-state index contributed by atoms with van der Waals surface area (Å²) in [7, 11) is 0. The van der Waals surface area contributed by atoms with Gasteiger partial charge in [0.05, 0.1) is 5.41 Å². The van der Waals surface area contributed by atoms with E-state index in [4.69, 9.17) is 0 Å². The van der Waals surface area contributed by atoms with Gasteiger partial charge in [0.2, 0.25) is 0 Å². The van der Waals surface area contributed by atoms with Gasteiger partial charge in [-0.15, -0.1) is 0 Å². The molecule has 0 spiro atoms. The topological polar surface area (TPSA) is 78.4 Å². The molecule has 0 radical (unpaired) electrons. The zero-order chi connectivity index (χ0) is 14.6. The molecule has 2 amide bonds. The number of aliphatic carboxylic acids is 1. The third kappa shape index (κ3) is 3.29.